The van der Waals surface area contributed by atoms with Gasteiger partial charge in [-0.05, 0) is 25.1 Å². The molecule has 108 valence electrons. The van der Waals surface area contributed by atoms with Gasteiger partial charge in [-0.15, -0.1) is 0 Å². The lowest BCUT2D eigenvalue weighted by atomic mass is 10.1. The fraction of sp³-hybridized carbons (Fsp3) is 0.267. The Bertz CT molecular complexity index is 711. The number of rotatable bonds is 3. The Labute approximate surface area is 122 Å². The summed E-state index contributed by atoms with van der Waals surface area (Å²) in [5, 5.41) is 23.1. The Morgan fingerprint density at radius 3 is 2.71 bits per heavy atom. The predicted octanol–water partition coefficient (Wildman–Crippen LogP) is 1.50. The number of hydrogen-bond acceptors (Lipinski definition) is 4. The van der Waals surface area contributed by atoms with E-state index in [2.05, 4.69) is 11.2 Å². The first kappa shape index (κ1) is 14.8. The molecular formula is C15H16N4O2. The van der Waals surface area contributed by atoms with Crippen LogP contribution in [0.2, 0.25) is 0 Å². The summed E-state index contributed by atoms with van der Waals surface area (Å²) in [5.41, 5.74) is 1.99. The highest BCUT2D eigenvalue weighted by atomic mass is 16.3. The number of nitriles is 1. The fourth-order valence-electron chi connectivity index (χ4n) is 1.97. The second-order valence-corrected chi connectivity index (χ2v) is 4.91. The Morgan fingerprint density at radius 2 is 2.14 bits per heavy atom. The van der Waals surface area contributed by atoms with Gasteiger partial charge in [-0.3, -0.25) is 4.79 Å². The molecule has 0 saturated carbocycles. The maximum atomic E-state index is 11.9. The molecule has 1 N–H and O–H groups in total. The summed E-state index contributed by atoms with van der Waals surface area (Å²) in [5.74, 6) is -0.205. The molecular weight excluding hydrogens is 268 g/mol. The van der Waals surface area contributed by atoms with E-state index in [1.54, 1.807) is 51.5 Å². The van der Waals surface area contributed by atoms with Crippen LogP contribution < -0.4 is 0 Å². The van der Waals surface area contributed by atoms with Gasteiger partial charge in [0.15, 0.2) is 5.69 Å². The van der Waals surface area contributed by atoms with Crippen molar-refractivity contribution >= 4 is 5.91 Å². The van der Waals surface area contributed by atoms with Crippen molar-refractivity contribution < 1.29 is 9.90 Å². The first-order chi connectivity index (χ1) is 9.93. The van der Waals surface area contributed by atoms with E-state index in [1.165, 1.54) is 9.58 Å². The van der Waals surface area contributed by atoms with Crippen molar-refractivity contribution in [3.8, 4) is 11.8 Å². The normalized spacial score (nSPS) is 11.8. The van der Waals surface area contributed by atoms with Crippen LogP contribution in [0.15, 0.2) is 30.5 Å². The summed E-state index contributed by atoms with van der Waals surface area (Å²) in [6, 6.07) is 8.62. The average Bonchev–Trinajstić information content (AvgIpc) is 2.95. The maximum absolute atomic E-state index is 11.9. The number of carbonyl (C=O) groups is 1. The molecule has 1 atom stereocenters. The number of hydrogen-bond donors (Lipinski definition) is 1. The lowest BCUT2D eigenvalue weighted by Gasteiger charge is -2.12. The summed E-state index contributed by atoms with van der Waals surface area (Å²) in [4.78, 5) is 13.3. The molecule has 0 aliphatic carbocycles. The Kier molecular flexibility index (Phi) is 4.05. The molecule has 6 nitrogen and oxygen atoms in total. The van der Waals surface area contributed by atoms with E-state index in [4.69, 9.17) is 5.26 Å². The lowest BCUT2D eigenvalue weighted by Crippen LogP contribution is -2.22. The van der Waals surface area contributed by atoms with Gasteiger partial charge in [0.2, 0.25) is 0 Å². The smallest absolute Gasteiger partial charge is 0.273 e. The van der Waals surface area contributed by atoms with Gasteiger partial charge in [-0.2, -0.15) is 10.4 Å². The molecule has 21 heavy (non-hydrogen) atoms. The van der Waals surface area contributed by atoms with Gasteiger partial charge in [0.05, 0.1) is 23.4 Å². The summed E-state index contributed by atoms with van der Waals surface area (Å²) < 4.78 is 1.50. The molecule has 2 rings (SSSR count). The van der Waals surface area contributed by atoms with E-state index in [1.807, 2.05) is 0 Å². The molecule has 1 heterocycles. The fourth-order valence-corrected chi connectivity index (χ4v) is 1.97. The topological polar surface area (TPSA) is 82.1 Å². The Morgan fingerprint density at radius 1 is 1.43 bits per heavy atom. The Hall–Kier alpha value is -2.65. The molecule has 0 unspecified atom stereocenters. The number of benzene rings is 1. The third-order valence-electron chi connectivity index (χ3n) is 3.07. The van der Waals surface area contributed by atoms with Gasteiger partial charge in [-0.25, -0.2) is 4.68 Å². The van der Waals surface area contributed by atoms with Crippen LogP contribution >= 0.6 is 0 Å². The van der Waals surface area contributed by atoms with Gasteiger partial charge < -0.3 is 10.0 Å². The largest absolute Gasteiger partial charge is 0.389 e. The third-order valence-corrected chi connectivity index (χ3v) is 3.07. The zero-order chi connectivity index (χ0) is 15.6. The summed E-state index contributed by atoms with van der Waals surface area (Å²) in [6.45, 7) is 1.64. The van der Waals surface area contributed by atoms with Crippen LogP contribution in [-0.4, -0.2) is 39.8 Å². The maximum Gasteiger partial charge on any atom is 0.273 e. The van der Waals surface area contributed by atoms with Gasteiger partial charge in [0.25, 0.3) is 5.91 Å². The van der Waals surface area contributed by atoms with Crippen molar-refractivity contribution in [1.82, 2.24) is 14.7 Å². The molecule has 0 bridgehead atoms. The zero-order valence-corrected chi connectivity index (χ0v) is 12.1. The molecule has 0 aliphatic heterocycles. The molecule has 0 radical (unpaired) electrons. The predicted molar refractivity (Wildman–Crippen MR) is 76.9 cm³/mol. The highest BCUT2D eigenvalue weighted by Gasteiger charge is 2.15. The van der Waals surface area contributed by atoms with Gasteiger partial charge >= 0.3 is 0 Å². The first-order valence-electron chi connectivity index (χ1n) is 6.44. The van der Waals surface area contributed by atoms with E-state index < -0.39 is 6.10 Å². The van der Waals surface area contributed by atoms with Gasteiger partial charge in [0, 0.05) is 25.9 Å². The van der Waals surface area contributed by atoms with E-state index in [-0.39, 0.29) is 5.91 Å². The van der Waals surface area contributed by atoms with Gasteiger partial charge in [0.1, 0.15) is 0 Å². The highest BCUT2D eigenvalue weighted by molar-refractivity contribution is 5.91. The van der Waals surface area contributed by atoms with Crippen molar-refractivity contribution in [1.29, 1.82) is 5.26 Å². The molecule has 0 fully saturated rings. The molecule has 0 spiro atoms. The van der Waals surface area contributed by atoms with Crippen LogP contribution in [0.1, 0.15) is 34.6 Å². The number of aromatic nitrogens is 2. The van der Waals surface area contributed by atoms with Crippen LogP contribution in [0.25, 0.3) is 5.69 Å². The average molecular weight is 284 g/mol. The van der Waals surface area contributed by atoms with Gasteiger partial charge in [-0.1, -0.05) is 6.07 Å². The molecule has 2 aromatic rings. The molecule has 1 amide bonds. The number of nitrogens with zero attached hydrogens (tertiary/aromatic N) is 4. The molecule has 1 aromatic carbocycles. The monoisotopic (exact) mass is 284 g/mol. The van der Waals surface area contributed by atoms with Crippen LogP contribution in [0.4, 0.5) is 0 Å². The minimum atomic E-state index is -0.704. The lowest BCUT2D eigenvalue weighted by molar-refractivity contribution is 0.0821. The van der Waals surface area contributed by atoms with Crippen LogP contribution in [0.3, 0.4) is 0 Å². The van der Waals surface area contributed by atoms with Crippen molar-refractivity contribution in [2.24, 2.45) is 0 Å². The minimum Gasteiger partial charge on any atom is -0.389 e. The van der Waals surface area contributed by atoms with Crippen LogP contribution in [0.5, 0.6) is 0 Å². The molecule has 6 heteroatoms. The summed E-state index contributed by atoms with van der Waals surface area (Å²) in [6.07, 6.45) is 0.934. The molecule has 1 aromatic heterocycles. The third kappa shape index (κ3) is 2.93. The number of amides is 1. The van der Waals surface area contributed by atoms with E-state index in [0.717, 1.165) is 0 Å². The first-order valence-corrected chi connectivity index (χ1v) is 6.44. The number of aliphatic hydroxyl groups is 1. The van der Waals surface area contributed by atoms with Crippen molar-refractivity contribution in [3.05, 3.63) is 47.3 Å². The highest BCUT2D eigenvalue weighted by Crippen LogP contribution is 2.22. The van der Waals surface area contributed by atoms with Crippen LogP contribution in [-0.2, 0) is 0 Å². The Balaban J connectivity index is 2.51. The van der Waals surface area contributed by atoms with E-state index in [0.29, 0.717) is 22.5 Å². The quantitative estimate of drug-likeness (QED) is 0.926. The van der Waals surface area contributed by atoms with Crippen LogP contribution in [0, 0.1) is 11.3 Å². The summed E-state index contributed by atoms with van der Waals surface area (Å²) >= 11 is 0. The SMILES string of the molecule is C[C@@H](O)c1ccc(C#N)cc1-n1ccc(C(=O)N(C)C)n1. The van der Waals surface area contributed by atoms with Crippen molar-refractivity contribution in [3.63, 3.8) is 0 Å². The minimum absolute atomic E-state index is 0.205. The zero-order valence-electron chi connectivity index (χ0n) is 12.1. The van der Waals surface area contributed by atoms with Crippen molar-refractivity contribution in [2.45, 2.75) is 13.0 Å². The van der Waals surface area contributed by atoms with E-state index >= 15 is 0 Å². The van der Waals surface area contributed by atoms with Crippen molar-refractivity contribution in [2.75, 3.05) is 14.1 Å². The number of aliphatic hydroxyl groups excluding tert-OH is 1. The second-order valence-electron chi connectivity index (χ2n) is 4.91. The second kappa shape index (κ2) is 5.77. The molecule has 0 saturated heterocycles. The number of carbonyl (C=O) groups excluding carboxylic acids is 1. The molecule has 0 aliphatic rings. The standard InChI is InChI=1S/C15H16N4O2/c1-10(20)12-5-4-11(9-16)8-14(12)19-7-6-13(17-19)15(21)18(2)3/h4-8,10,20H,1-3H3/t10-/m1/s1. The summed E-state index contributed by atoms with van der Waals surface area (Å²) in [7, 11) is 3.30. The van der Waals surface area contributed by atoms with E-state index in [9.17, 15) is 9.90 Å².